The number of carbonyl (C=O) groups excluding carboxylic acids is 1. The number of hydrogen-bond donors (Lipinski definition) is 0. The number of rotatable bonds is 3. The van der Waals surface area contributed by atoms with Gasteiger partial charge < -0.3 is 0 Å². The zero-order valence-electron chi connectivity index (χ0n) is 10.2. The first-order valence-electron chi connectivity index (χ1n) is 6.20. The molecule has 1 aliphatic rings. The van der Waals surface area contributed by atoms with Gasteiger partial charge in [-0.3, -0.25) is 9.69 Å². The Labute approximate surface area is 107 Å². The number of hydrogen-bond acceptors (Lipinski definition) is 2. The van der Waals surface area contributed by atoms with Gasteiger partial charge in [-0.05, 0) is 11.1 Å². The van der Waals surface area contributed by atoms with E-state index < -0.39 is 0 Å². The lowest BCUT2D eigenvalue weighted by molar-refractivity contribution is 0.0929. The molecule has 90 valence electrons. The van der Waals surface area contributed by atoms with Gasteiger partial charge in [0.25, 0.3) is 0 Å². The second kappa shape index (κ2) is 4.75. The monoisotopic (exact) mass is 237 g/mol. The molecule has 2 aromatic carbocycles. The lowest BCUT2D eigenvalue weighted by atomic mass is 10.1. The molecule has 3 rings (SSSR count). The molecule has 18 heavy (non-hydrogen) atoms. The van der Waals surface area contributed by atoms with Gasteiger partial charge >= 0.3 is 0 Å². The van der Waals surface area contributed by atoms with E-state index in [2.05, 4.69) is 29.2 Å². The summed E-state index contributed by atoms with van der Waals surface area (Å²) in [6.45, 7) is 2.27. The third-order valence-electron chi connectivity index (χ3n) is 3.37. The van der Waals surface area contributed by atoms with Gasteiger partial charge in [-0.1, -0.05) is 54.6 Å². The smallest absolute Gasteiger partial charge is 0.176 e. The van der Waals surface area contributed by atoms with E-state index in [1.807, 2.05) is 30.3 Å². The van der Waals surface area contributed by atoms with Crippen molar-refractivity contribution in [3.63, 3.8) is 0 Å². The minimum atomic E-state index is 0.198. The van der Waals surface area contributed by atoms with Crippen molar-refractivity contribution in [3.8, 4) is 0 Å². The molecule has 0 spiro atoms. The van der Waals surface area contributed by atoms with Crippen LogP contribution in [-0.4, -0.2) is 17.2 Å². The van der Waals surface area contributed by atoms with Crippen LogP contribution in [0, 0.1) is 0 Å². The minimum absolute atomic E-state index is 0.198. The summed E-state index contributed by atoms with van der Waals surface area (Å²) in [5.41, 5.74) is 3.49. The first-order valence-corrected chi connectivity index (χ1v) is 6.20. The Morgan fingerprint density at radius 2 is 1.44 bits per heavy atom. The number of benzene rings is 2. The molecule has 0 saturated carbocycles. The van der Waals surface area contributed by atoms with Crippen LogP contribution in [0.15, 0.2) is 54.6 Å². The van der Waals surface area contributed by atoms with Crippen molar-refractivity contribution in [1.82, 2.24) is 4.90 Å². The molecule has 0 fully saturated rings. The highest BCUT2D eigenvalue weighted by Gasteiger charge is 2.20. The molecule has 0 radical (unpaired) electrons. The summed E-state index contributed by atoms with van der Waals surface area (Å²) < 4.78 is 0. The van der Waals surface area contributed by atoms with Gasteiger partial charge in [0.05, 0.1) is 6.54 Å². The molecule has 2 aromatic rings. The van der Waals surface area contributed by atoms with Crippen LogP contribution in [0.4, 0.5) is 0 Å². The van der Waals surface area contributed by atoms with E-state index in [0.29, 0.717) is 6.54 Å². The molecule has 0 atom stereocenters. The van der Waals surface area contributed by atoms with Gasteiger partial charge in [0, 0.05) is 18.7 Å². The normalized spacial score (nSPS) is 14.4. The summed E-state index contributed by atoms with van der Waals surface area (Å²) in [7, 11) is 0. The van der Waals surface area contributed by atoms with Crippen molar-refractivity contribution >= 4 is 5.78 Å². The van der Waals surface area contributed by atoms with E-state index in [9.17, 15) is 4.79 Å². The molecule has 0 bridgehead atoms. The number of Topliss-reactive ketones (excluding diaryl/α,β-unsaturated/α-hetero) is 1. The summed E-state index contributed by atoms with van der Waals surface area (Å²) >= 11 is 0. The molecule has 1 heterocycles. The molecule has 0 aromatic heterocycles. The Bertz CT molecular complexity index is 537. The Balaban J connectivity index is 1.68. The average molecular weight is 237 g/mol. The van der Waals surface area contributed by atoms with Crippen LogP contribution in [0.2, 0.25) is 0 Å². The summed E-state index contributed by atoms with van der Waals surface area (Å²) in [6, 6.07) is 17.9. The van der Waals surface area contributed by atoms with E-state index in [1.165, 1.54) is 11.1 Å². The first kappa shape index (κ1) is 11.2. The van der Waals surface area contributed by atoms with Gasteiger partial charge in [-0.25, -0.2) is 0 Å². The number of carbonyl (C=O) groups is 1. The zero-order chi connectivity index (χ0) is 12.4. The fourth-order valence-electron chi connectivity index (χ4n) is 2.43. The van der Waals surface area contributed by atoms with Crippen molar-refractivity contribution in [1.29, 1.82) is 0 Å². The van der Waals surface area contributed by atoms with E-state index >= 15 is 0 Å². The van der Waals surface area contributed by atoms with Crippen molar-refractivity contribution in [2.24, 2.45) is 0 Å². The van der Waals surface area contributed by atoms with Crippen molar-refractivity contribution in [2.45, 2.75) is 13.1 Å². The molecule has 0 amide bonds. The zero-order valence-corrected chi connectivity index (χ0v) is 10.2. The summed E-state index contributed by atoms with van der Waals surface area (Å²) in [5.74, 6) is 0.198. The summed E-state index contributed by atoms with van der Waals surface area (Å²) in [5, 5.41) is 0. The molecular weight excluding hydrogens is 222 g/mol. The first-order chi connectivity index (χ1) is 8.83. The number of fused-ring (bicyclic) bond motifs is 1. The van der Waals surface area contributed by atoms with Crippen LogP contribution >= 0.6 is 0 Å². The topological polar surface area (TPSA) is 20.3 Å². The van der Waals surface area contributed by atoms with E-state index in [-0.39, 0.29) is 5.78 Å². The van der Waals surface area contributed by atoms with E-state index in [4.69, 9.17) is 0 Å². The fraction of sp³-hybridized carbons (Fsp3) is 0.188. The number of nitrogens with zero attached hydrogens (tertiary/aromatic N) is 1. The Hall–Kier alpha value is -1.93. The van der Waals surface area contributed by atoms with Crippen LogP contribution < -0.4 is 0 Å². The molecular formula is C16H15NO. The Morgan fingerprint density at radius 1 is 0.889 bits per heavy atom. The third-order valence-corrected chi connectivity index (χ3v) is 3.37. The maximum absolute atomic E-state index is 12.1. The fourth-order valence-corrected chi connectivity index (χ4v) is 2.43. The summed E-state index contributed by atoms with van der Waals surface area (Å²) in [6.07, 6.45) is 0. The van der Waals surface area contributed by atoms with Gasteiger partial charge in [-0.2, -0.15) is 0 Å². The van der Waals surface area contributed by atoms with Gasteiger partial charge in [0.2, 0.25) is 0 Å². The quantitative estimate of drug-likeness (QED) is 0.765. The highest BCUT2D eigenvalue weighted by molar-refractivity contribution is 5.97. The highest BCUT2D eigenvalue weighted by Crippen LogP contribution is 2.22. The maximum atomic E-state index is 12.1. The minimum Gasteiger partial charge on any atom is -0.293 e. The van der Waals surface area contributed by atoms with Crippen LogP contribution in [0.1, 0.15) is 21.5 Å². The Kier molecular flexibility index (Phi) is 2.95. The molecule has 0 aliphatic carbocycles. The van der Waals surface area contributed by atoms with Gasteiger partial charge in [-0.15, -0.1) is 0 Å². The molecule has 0 unspecified atom stereocenters. The molecule has 0 N–H and O–H groups in total. The van der Waals surface area contributed by atoms with Crippen LogP contribution in [0.3, 0.4) is 0 Å². The van der Waals surface area contributed by atoms with Crippen molar-refractivity contribution in [3.05, 3.63) is 71.3 Å². The average Bonchev–Trinajstić information content (AvgIpc) is 2.82. The lowest BCUT2D eigenvalue weighted by Crippen LogP contribution is -2.24. The van der Waals surface area contributed by atoms with Crippen molar-refractivity contribution in [2.75, 3.05) is 6.54 Å². The van der Waals surface area contributed by atoms with E-state index in [0.717, 1.165) is 18.7 Å². The lowest BCUT2D eigenvalue weighted by Gasteiger charge is -2.13. The van der Waals surface area contributed by atoms with Crippen LogP contribution in [-0.2, 0) is 13.1 Å². The molecule has 2 nitrogen and oxygen atoms in total. The van der Waals surface area contributed by atoms with Gasteiger partial charge in [0.1, 0.15) is 0 Å². The maximum Gasteiger partial charge on any atom is 0.176 e. The predicted octanol–water partition coefficient (Wildman–Crippen LogP) is 2.89. The standard InChI is InChI=1S/C16H15NO/c18-16(13-6-2-1-3-7-13)12-17-10-14-8-4-5-9-15(14)11-17/h1-9H,10-12H2. The highest BCUT2D eigenvalue weighted by atomic mass is 16.1. The third kappa shape index (κ3) is 2.20. The summed E-state index contributed by atoms with van der Waals surface area (Å²) in [4.78, 5) is 14.3. The van der Waals surface area contributed by atoms with Crippen molar-refractivity contribution < 1.29 is 4.79 Å². The van der Waals surface area contributed by atoms with Gasteiger partial charge in [0.15, 0.2) is 5.78 Å². The van der Waals surface area contributed by atoms with E-state index in [1.54, 1.807) is 0 Å². The van der Waals surface area contributed by atoms with Crippen LogP contribution in [0.5, 0.6) is 0 Å². The van der Waals surface area contributed by atoms with Crippen LogP contribution in [0.25, 0.3) is 0 Å². The number of ketones is 1. The molecule has 0 saturated heterocycles. The SMILES string of the molecule is O=C(CN1Cc2ccccc2C1)c1ccccc1. The Morgan fingerprint density at radius 3 is 2.06 bits per heavy atom. The second-order valence-corrected chi connectivity index (χ2v) is 4.70. The molecule has 1 aliphatic heterocycles. The molecule has 2 heteroatoms. The largest absolute Gasteiger partial charge is 0.293 e. The predicted molar refractivity (Wildman–Crippen MR) is 71.3 cm³/mol. The second-order valence-electron chi connectivity index (χ2n) is 4.70.